The van der Waals surface area contributed by atoms with Gasteiger partial charge in [0.1, 0.15) is 13.2 Å². The van der Waals surface area contributed by atoms with Gasteiger partial charge in [0.25, 0.3) is 5.91 Å². The van der Waals surface area contributed by atoms with Crippen molar-refractivity contribution >= 4 is 5.91 Å². The van der Waals surface area contributed by atoms with Crippen molar-refractivity contribution in [3.05, 3.63) is 23.8 Å². The first-order valence-corrected chi connectivity index (χ1v) is 6.56. The largest absolute Gasteiger partial charge is 0.486 e. The van der Waals surface area contributed by atoms with Crippen LogP contribution in [-0.4, -0.2) is 50.6 Å². The molecule has 0 spiro atoms. The fourth-order valence-corrected chi connectivity index (χ4v) is 1.98. The van der Waals surface area contributed by atoms with Gasteiger partial charge in [-0.2, -0.15) is 0 Å². The topological polar surface area (TPSA) is 77.0 Å². The smallest absolute Gasteiger partial charge is 0.255 e. The highest BCUT2D eigenvalue weighted by molar-refractivity contribution is 5.97. The zero-order valence-electron chi connectivity index (χ0n) is 11.4. The van der Waals surface area contributed by atoms with Crippen molar-refractivity contribution < 1.29 is 24.1 Å². The first-order valence-electron chi connectivity index (χ1n) is 6.56. The number of ether oxygens (including phenoxy) is 3. The number of aliphatic hydroxyl groups is 1. The van der Waals surface area contributed by atoms with Crippen molar-refractivity contribution in [3.8, 4) is 11.5 Å². The van der Waals surface area contributed by atoms with E-state index in [1.807, 2.05) is 0 Å². The molecule has 1 atom stereocenters. The summed E-state index contributed by atoms with van der Waals surface area (Å²) in [6, 6.07) is 5.21. The molecule has 1 amide bonds. The number of hydrogen-bond donors (Lipinski definition) is 2. The van der Waals surface area contributed by atoms with E-state index >= 15 is 0 Å². The molecule has 2 rings (SSSR count). The number of nitrogens with one attached hydrogen (secondary N) is 1. The van der Waals surface area contributed by atoms with Crippen LogP contribution < -0.4 is 14.8 Å². The van der Waals surface area contributed by atoms with E-state index in [4.69, 9.17) is 14.2 Å². The van der Waals surface area contributed by atoms with E-state index in [-0.39, 0.29) is 12.5 Å². The standard InChI is InChI=1S/C14H19NO5/c1-18-9-10(16)5-6-15-14(17)11-3-2-4-12-13(11)20-8-7-19-12/h2-4,10,16H,5-9H2,1H3,(H,15,17). The van der Waals surface area contributed by atoms with Gasteiger partial charge in [0.05, 0.1) is 18.3 Å². The summed E-state index contributed by atoms with van der Waals surface area (Å²) in [5, 5.41) is 12.3. The summed E-state index contributed by atoms with van der Waals surface area (Å²) >= 11 is 0. The van der Waals surface area contributed by atoms with Crippen LogP contribution in [-0.2, 0) is 4.74 Å². The molecule has 20 heavy (non-hydrogen) atoms. The second kappa shape index (κ2) is 7.12. The van der Waals surface area contributed by atoms with Crippen molar-refractivity contribution in [2.24, 2.45) is 0 Å². The normalized spacial score (nSPS) is 14.7. The third kappa shape index (κ3) is 3.61. The van der Waals surface area contributed by atoms with E-state index in [1.54, 1.807) is 18.2 Å². The average Bonchev–Trinajstić information content (AvgIpc) is 2.47. The van der Waals surface area contributed by atoms with Crippen LogP contribution in [0.15, 0.2) is 18.2 Å². The SMILES string of the molecule is COCC(O)CCNC(=O)c1cccc2c1OCCO2. The van der Waals surface area contributed by atoms with Crippen LogP contribution >= 0.6 is 0 Å². The summed E-state index contributed by atoms with van der Waals surface area (Å²) in [7, 11) is 1.52. The summed E-state index contributed by atoms with van der Waals surface area (Å²) in [4.78, 5) is 12.1. The van der Waals surface area contributed by atoms with Gasteiger partial charge in [-0.3, -0.25) is 4.79 Å². The fraction of sp³-hybridized carbons (Fsp3) is 0.500. The third-order valence-corrected chi connectivity index (χ3v) is 2.93. The minimum atomic E-state index is -0.579. The second-order valence-electron chi connectivity index (χ2n) is 4.48. The molecule has 6 nitrogen and oxygen atoms in total. The predicted molar refractivity (Wildman–Crippen MR) is 72.3 cm³/mol. The number of methoxy groups -OCH3 is 1. The maximum atomic E-state index is 12.1. The van der Waals surface area contributed by atoms with Crippen molar-refractivity contribution in [2.75, 3.05) is 33.5 Å². The highest BCUT2D eigenvalue weighted by Crippen LogP contribution is 2.33. The van der Waals surface area contributed by atoms with Crippen molar-refractivity contribution in [1.82, 2.24) is 5.32 Å². The highest BCUT2D eigenvalue weighted by atomic mass is 16.6. The second-order valence-corrected chi connectivity index (χ2v) is 4.48. The zero-order chi connectivity index (χ0) is 14.4. The van der Waals surface area contributed by atoms with E-state index in [9.17, 15) is 9.90 Å². The van der Waals surface area contributed by atoms with Crippen LogP contribution in [0.25, 0.3) is 0 Å². The predicted octanol–water partition coefficient (Wildman–Crippen LogP) is 0.585. The number of para-hydroxylation sites is 1. The van der Waals surface area contributed by atoms with Crippen LogP contribution in [0.3, 0.4) is 0 Å². The van der Waals surface area contributed by atoms with E-state index in [0.29, 0.717) is 43.2 Å². The minimum Gasteiger partial charge on any atom is -0.486 e. The van der Waals surface area contributed by atoms with Gasteiger partial charge >= 0.3 is 0 Å². The number of amides is 1. The molecule has 1 unspecified atom stereocenters. The summed E-state index contributed by atoms with van der Waals surface area (Å²) in [5.41, 5.74) is 0.448. The number of benzene rings is 1. The summed E-state index contributed by atoms with van der Waals surface area (Å²) < 4.78 is 15.7. The Kier molecular flexibility index (Phi) is 5.20. The maximum Gasteiger partial charge on any atom is 0.255 e. The Morgan fingerprint density at radius 1 is 1.45 bits per heavy atom. The number of aliphatic hydroxyl groups excluding tert-OH is 1. The lowest BCUT2D eigenvalue weighted by molar-refractivity contribution is 0.0587. The molecule has 0 saturated carbocycles. The molecule has 0 bridgehead atoms. The Labute approximate surface area is 117 Å². The van der Waals surface area contributed by atoms with E-state index in [1.165, 1.54) is 7.11 Å². The third-order valence-electron chi connectivity index (χ3n) is 2.93. The first-order chi connectivity index (χ1) is 9.72. The van der Waals surface area contributed by atoms with Gasteiger partial charge in [-0.15, -0.1) is 0 Å². The quantitative estimate of drug-likeness (QED) is 0.798. The monoisotopic (exact) mass is 281 g/mol. The maximum absolute atomic E-state index is 12.1. The Bertz CT molecular complexity index is 463. The summed E-state index contributed by atoms with van der Waals surface area (Å²) in [6.07, 6.45) is -0.143. The molecule has 1 aliphatic rings. The Balaban J connectivity index is 1.93. The molecule has 6 heteroatoms. The van der Waals surface area contributed by atoms with Gasteiger partial charge in [-0.1, -0.05) is 6.07 Å². The minimum absolute atomic E-state index is 0.239. The molecular weight excluding hydrogens is 262 g/mol. The Hall–Kier alpha value is -1.79. The molecular formula is C14H19NO5. The van der Waals surface area contributed by atoms with Crippen LogP contribution in [0.4, 0.5) is 0 Å². The zero-order valence-corrected chi connectivity index (χ0v) is 11.4. The number of fused-ring (bicyclic) bond motifs is 1. The van der Waals surface area contributed by atoms with Gasteiger partial charge in [0.15, 0.2) is 11.5 Å². The van der Waals surface area contributed by atoms with Gasteiger partial charge < -0.3 is 24.6 Å². The average molecular weight is 281 g/mol. The van der Waals surface area contributed by atoms with Crippen molar-refractivity contribution in [3.63, 3.8) is 0 Å². The lowest BCUT2D eigenvalue weighted by Gasteiger charge is -2.20. The van der Waals surface area contributed by atoms with Crippen LogP contribution in [0.2, 0.25) is 0 Å². The van der Waals surface area contributed by atoms with E-state index < -0.39 is 6.10 Å². The van der Waals surface area contributed by atoms with E-state index in [2.05, 4.69) is 5.32 Å². The molecule has 0 saturated heterocycles. The number of rotatable bonds is 6. The molecule has 0 fully saturated rings. The number of hydrogen-bond acceptors (Lipinski definition) is 5. The number of carbonyl (C=O) groups excluding carboxylic acids is 1. The fourth-order valence-electron chi connectivity index (χ4n) is 1.98. The molecule has 0 aromatic heterocycles. The first kappa shape index (κ1) is 14.6. The Morgan fingerprint density at radius 2 is 2.25 bits per heavy atom. The van der Waals surface area contributed by atoms with Crippen LogP contribution in [0, 0.1) is 0 Å². The molecule has 1 aliphatic heterocycles. The Morgan fingerprint density at radius 3 is 3.05 bits per heavy atom. The van der Waals surface area contributed by atoms with Crippen molar-refractivity contribution in [2.45, 2.75) is 12.5 Å². The highest BCUT2D eigenvalue weighted by Gasteiger charge is 2.20. The molecule has 1 aromatic carbocycles. The van der Waals surface area contributed by atoms with Crippen LogP contribution in [0.1, 0.15) is 16.8 Å². The molecule has 2 N–H and O–H groups in total. The molecule has 1 heterocycles. The molecule has 0 radical (unpaired) electrons. The van der Waals surface area contributed by atoms with Gasteiger partial charge in [0, 0.05) is 13.7 Å². The van der Waals surface area contributed by atoms with Crippen molar-refractivity contribution in [1.29, 1.82) is 0 Å². The van der Waals surface area contributed by atoms with Gasteiger partial charge in [-0.05, 0) is 18.6 Å². The molecule has 110 valence electrons. The van der Waals surface area contributed by atoms with Gasteiger partial charge in [0.2, 0.25) is 0 Å². The lowest BCUT2D eigenvalue weighted by atomic mass is 10.1. The number of carbonyl (C=O) groups is 1. The summed E-state index contributed by atoms with van der Waals surface area (Å²) in [5.74, 6) is 0.828. The van der Waals surface area contributed by atoms with Gasteiger partial charge in [-0.25, -0.2) is 0 Å². The lowest BCUT2D eigenvalue weighted by Crippen LogP contribution is -2.29. The summed E-state index contributed by atoms with van der Waals surface area (Å²) in [6.45, 7) is 1.55. The van der Waals surface area contributed by atoms with E-state index in [0.717, 1.165) is 0 Å². The van der Waals surface area contributed by atoms with Crippen LogP contribution in [0.5, 0.6) is 11.5 Å². The molecule has 1 aromatic rings. The molecule has 0 aliphatic carbocycles.